The van der Waals surface area contributed by atoms with Gasteiger partial charge in [0.25, 0.3) is 0 Å². The standard InChI is InChI=1S/C22H29N3O3S2/c1-17(26)18-7-9-21(10-8-18)30(27,28)25-13-11-24(12-14-25)15-20-16-29-22(23-20)19-5-3-2-4-6-19/h7-10,16,19H,2-6,11-15H2,1H3. The first-order chi connectivity index (χ1) is 14.4. The number of benzene rings is 1. The summed E-state index contributed by atoms with van der Waals surface area (Å²) < 4.78 is 27.4. The summed E-state index contributed by atoms with van der Waals surface area (Å²) in [5, 5.41) is 3.45. The number of Topliss-reactive ketones (excluding diaryl/α,β-unsaturated/α-hetero) is 1. The van der Waals surface area contributed by atoms with Crippen LogP contribution in [0.2, 0.25) is 0 Å². The molecule has 162 valence electrons. The van der Waals surface area contributed by atoms with E-state index in [0.29, 0.717) is 37.7 Å². The van der Waals surface area contributed by atoms with Gasteiger partial charge in [-0.05, 0) is 31.9 Å². The van der Waals surface area contributed by atoms with Crippen molar-refractivity contribution in [1.29, 1.82) is 0 Å². The molecule has 0 amide bonds. The van der Waals surface area contributed by atoms with Crippen molar-refractivity contribution in [3.05, 3.63) is 45.9 Å². The normalized spacial score (nSPS) is 19.8. The third-order valence-electron chi connectivity index (χ3n) is 6.14. The second-order valence-electron chi connectivity index (χ2n) is 8.27. The zero-order valence-corrected chi connectivity index (χ0v) is 19.1. The Morgan fingerprint density at radius 3 is 2.37 bits per heavy atom. The Kier molecular flexibility index (Phi) is 6.67. The molecule has 0 unspecified atom stereocenters. The Hall–Kier alpha value is -1.61. The van der Waals surface area contributed by atoms with E-state index in [1.54, 1.807) is 27.8 Å². The van der Waals surface area contributed by atoms with Gasteiger partial charge in [-0.3, -0.25) is 9.69 Å². The van der Waals surface area contributed by atoms with Gasteiger partial charge in [0.05, 0.1) is 15.6 Å². The van der Waals surface area contributed by atoms with Crippen LogP contribution in [0.3, 0.4) is 0 Å². The number of thiazole rings is 1. The maximum atomic E-state index is 12.9. The number of aromatic nitrogens is 1. The van der Waals surface area contributed by atoms with E-state index >= 15 is 0 Å². The number of ketones is 1. The van der Waals surface area contributed by atoms with Crippen LogP contribution >= 0.6 is 11.3 Å². The highest BCUT2D eigenvalue weighted by molar-refractivity contribution is 7.89. The van der Waals surface area contributed by atoms with Gasteiger partial charge >= 0.3 is 0 Å². The molecule has 1 saturated heterocycles. The van der Waals surface area contributed by atoms with Gasteiger partial charge in [0.2, 0.25) is 10.0 Å². The van der Waals surface area contributed by atoms with Gasteiger partial charge in [-0.25, -0.2) is 13.4 Å². The molecule has 2 aromatic rings. The summed E-state index contributed by atoms with van der Waals surface area (Å²) >= 11 is 1.78. The zero-order valence-electron chi connectivity index (χ0n) is 17.4. The van der Waals surface area contributed by atoms with Gasteiger partial charge in [-0.15, -0.1) is 11.3 Å². The largest absolute Gasteiger partial charge is 0.295 e. The number of carbonyl (C=O) groups excluding carboxylic acids is 1. The number of piperazine rings is 1. The average molecular weight is 448 g/mol. The Bertz CT molecular complexity index is 971. The maximum Gasteiger partial charge on any atom is 0.243 e. The Morgan fingerprint density at radius 1 is 1.07 bits per heavy atom. The van der Waals surface area contributed by atoms with Crippen molar-refractivity contribution in [1.82, 2.24) is 14.2 Å². The van der Waals surface area contributed by atoms with Gasteiger partial charge in [0.1, 0.15) is 0 Å². The molecule has 6 nitrogen and oxygen atoms in total. The van der Waals surface area contributed by atoms with Gasteiger partial charge in [-0.1, -0.05) is 31.4 Å². The maximum absolute atomic E-state index is 12.9. The number of rotatable bonds is 6. The molecule has 1 aliphatic carbocycles. The lowest BCUT2D eigenvalue weighted by Gasteiger charge is -2.33. The van der Waals surface area contributed by atoms with E-state index in [9.17, 15) is 13.2 Å². The molecule has 1 aromatic carbocycles. The fraction of sp³-hybridized carbons (Fsp3) is 0.545. The molecule has 0 N–H and O–H groups in total. The molecular formula is C22H29N3O3S2. The predicted octanol–water partition coefficient (Wildman–Crippen LogP) is 3.90. The van der Waals surface area contributed by atoms with E-state index in [2.05, 4.69) is 10.3 Å². The molecule has 4 rings (SSSR count). The molecular weight excluding hydrogens is 418 g/mol. The minimum absolute atomic E-state index is 0.0683. The average Bonchev–Trinajstić information content (AvgIpc) is 3.23. The van der Waals surface area contributed by atoms with E-state index in [-0.39, 0.29) is 10.7 Å². The number of carbonyl (C=O) groups is 1. The molecule has 1 aromatic heterocycles. The Balaban J connectivity index is 1.33. The summed E-state index contributed by atoms with van der Waals surface area (Å²) in [6.45, 7) is 4.59. The lowest BCUT2D eigenvalue weighted by atomic mass is 9.90. The second kappa shape index (κ2) is 9.26. The van der Waals surface area contributed by atoms with Crippen LogP contribution < -0.4 is 0 Å². The first-order valence-corrected chi connectivity index (χ1v) is 13.0. The van der Waals surface area contributed by atoms with E-state index in [1.165, 1.54) is 56.2 Å². The third kappa shape index (κ3) is 4.82. The highest BCUT2D eigenvalue weighted by Gasteiger charge is 2.29. The van der Waals surface area contributed by atoms with E-state index in [1.807, 2.05) is 0 Å². The molecule has 2 fully saturated rings. The lowest BCUT2D eigenvalue weighted by molar-refractivity contribution is 0.101. The van der Waals surface area contributed by atoms with Crippen molar-refractivity contribution >= 4 is 27.1 Å². The van der Waals surface area contributed by atoms with Crippen molar-refractivity contribution in [2.24, 2.45) is 0 Å². The van der Waals surface area contributed by atoms with Crippen LogP contribution in [0.4, 0.5) is 0 Å². The molecule has 0 bridgehead atoms. The molecule has 1 aliphatic heterocycles. The van der Waals surface area contributed by atoms with Crippen LogP contribution in [0.1, 0.15) is 66.0 Å². The molecule has 0 radical (unpaired) electrons. The second-order valence-corrected chi connectivity index (χ2v) is 11.1. The minimum Gasteiger partial charge on any atom is -0.295 e. The number of hydrogen-bond donors (Lipinski definition) is 0. The minimum atomic E-state index is -3.53. The molecule has 1 saturated carbocycles. The number of nitrogens with zero attached hydrogens (tertiary/aromatic N) is 3. The van der Waals surface area contributed by atoms with Crippen LogP contribution in [0, 0.1) is 0 Å². The third-order valence-corrected chi connectivity index (χ3v) is 9.11. The quantitative estimate of drug-likeness (QED) is 0.628. The molecule has 0 spiro atoms. The SMILES string of the molecule is CC(=O)c1ccc(S(=O)(=O)N2CCN(Cc3csc(C4CCCCC4)n3)CC2)cc1. The van der Waals surface area contributed by atoms with Crippen LogP contribution in [0.5, 0.6) is 0 Å². The van der Waals surface area contributed by atoms with Crippen molar-refractivity contribution in [2.45, 2.75) is 56.4 Å². The van der Waals surface area contributed by atoms with Crippen molar-refractivity contribution < 1.29 is 13.2 Å². The molecule has 2 heterocycles. The first-order valence-electron chi connectivity index (χ1n) is 10.7. The fourth-order valence-electron chi connectivity index (χ4n) is 4.30. The van der Waals surface area contributed by atoms with Gasteiger partial charge in [0.15, 0.2) is 5.78 Å². The van der Waals surface area contributed by atoms with E-state index in [0.717, 1.165) is 12.2 Å². The lowest BCUT2D eigenvalue weighted by Crippen LogP contribution is -2.48. The monoisotopic (exact) mass is 447 g/mol. The van der Waals surface area contributed by atoms with Gasteiger partial charge in [-0.2, -0.15) is 4.31 Å². The fourth-order valence-corrected chi connectivity index (χ4v) is 6.70. The highest BCUT2D eigenvalue weighted by Crippen LogP contribution is 2.34. The summed E-state index contributed by atoms with van der Waals surface area (Å²) in [5.74, 6) is 0.565. The van der Waals surface area contributed by atoms with E-state index < -0.39 is 10.0 Å². The van der Waals surface area contributed by atoms with Crippen LogP contribution in [-0.2, 0) is 16.6 Å². The molecule has 0 atom stereocenters. The van der Waals surface area contributed by atoms with Crippen molar-refractivity contribution in [3.63, 3.8) is 0 Å². The van der Waals surface area contributed by atoms with Crippen molar-refractivity contribution in [2.75, 3.05) is 26.2 Å². The summed E-state index contributed by atoms with van der Waals surface area (Å²) in [4.78, 5) is 18.8. The zero-order chi connectivity index (χ0) is 21.1. The summed E-state index contributed by atoms with van der Waals surface area (Å²) in [5.41, 5.74) is 1.63. The Labute approximate surface area is 183 Å². The van der Waals surface area contributed by atoms with E-state index in [4.69, 9.17) is 4.98 Å². The highest BCUT2D eigenvalue weighted by atomic mass is 32.2. The van der Waals surface area contributed by atoms with Crippen LogP contribution in [0.15, 0.2) is 34.5 Å². The molecule has 30 heavy (non-hydrogen) atoms. The topological polar surface area (TPSA) is 70.6 Å². The summed E-state index contributed by atoms with van der Waals surface area (Å²) in [6.07, 6.45) is 6.50. The number of hydrogen-bond acceptors (Lipinski definition) is 6. The predicted molar refractivity (Wildman–Crippen MR) is 118 cm³/mol. The smallest absolute Gasteiger partial charge is 0.243 e. The van der Waals surface area contributed by atoms with Crippen LogP contribution in [0.25, 0.3) is 0 Å². The van der Waals surface area contributed by atoms with Crippen molar-refractivity contribution in [3.8, 4) is 0 Å². The summed E-state index contributed by atoms with van der Waals surface area (Å²) in [6, 6.07) is 6.22. The van der Waals surface area contributed by atoms with Crippen LogP contribution in [-0.4, -0.2) is 54.6 Å². The van der Waals surface area contributed by atoms with Gasteiger partial charge in [0, 0.05) is 49.6 Å². The summed E-state index contributed by atoms with van der Waals surface area (Å²) in [7, 11) is -3.53. The van der Waals surface area contributed by atoms with Gasteiger partial charge < -0.3 is 0 Å². The first kappa shape index (κ1) is 21.6. The number of sulfonamides is 1. The Morgan fingerprint density at radius 2 is 1.73 bits per heavy atom. The molecule has 8 heteroatoms. The molecule has 2 aliphatic rings.